The van der Waals surface area contributed by atoms with E-state index in [9.17, 15) is 4.79 Å². The molecule has 1 aromatic carbocycles. The Morgan fingerprint density at radius 2 is 1.61 bits per heavy atom. The molecular weight excluding hydrogens is 350 g/mol. The van der Waals surface area contributed by atoms with Gasteiger partial charge in [0.1, 0.15) is 11.5 Å². The highest BCUT2D eigenvalue weighted by Gasteiger charge is 2.23. The van der Waals surface area contributed by atoms with E-state index < -0.39 is 0 Å². The van der Waals surface area contributed by atoms with Crippen molar-refractivity contribution in [2.45, 2.75) is 0 Å². The van der Waals surface area contributed by atoms with Gasteiger partial charge in [0, 0.05) is 45.1 Å². The van der Waals surface area contributed by atoms with E-state index in [1.165, 1.54) is 0 Å². The van der Waals surface area contributed by atoms with Gasteiger partial charge in [0.05, 0.1) is 11.9 Å². The SMILES string of the molecule is CN(c1ccccc1)c1ccc(C(=O)N2CCN(c3ccccn3)CC2)nc1. The van der Waals surface area contributed by atoms with Crippen LogP contribution in [0.1, 0.15) is 10.5 Å². The molecule has 0 unspecified atom stereocenters. The monoisotopic (exact) mass is 373 g/mol. The Morgan fingerprint density at radius 3 is 2.25 bits per heavy atom. The molecule has 0 aliphatic carbocycles. The molecule has 1 fully saturated rings. The standard InChI is InChI=1S/C22H23N5O/c1-25(18-7-3-2-4-8-18)19-10-11-20(24-17-19)22(28)27-15-13-26(14-16-27)21-9-5-6-12-23-21/h2-12,17H,13-16H2,1H3. The van der Waals surface area contributed by atoms with Gasteiger partial charge in [-0.3, -0.25) is 4.79 Å². The van der Waals surface area contributed by atoms with Crippen molar-refractivity contribution in [2.75, 3.05) is 43.0 Å². The third-order valence-corrected chi connectivity index (χ3v) is 5.04. The number of hydrogen-bond acceptors (Lipinski definition) is 5. The molecule has 6 heteroatoms. The van der Waals surface area contributed by atoms with Crippen molar-refractivity contribution in [3.05, 3.63) is 78.8 Å². The molecule has 2 aromatic heterocycles. The fraction of sp³-hybridized carbons (Fsp3) is 0.227. The van der Waals surface area contributed by atoms with Gasteiger partial charge in [-0.2, -0.15) is 0 Å². The Bertz CT molecular complexity index is 907. The molecule has 0 saturated carbocycles. The van der Waals surface area contributed by atoms with Crippen molar-refractivity contribution in [3.8, 4) is 0 Å². The maximum absolute atomic E-state index is 12.8. The quantitative estimate of drug-likeness (QED) is 0.703. The normalized spacial score (nSPS) is 14.0. The van der Waals surface area contributed by atoms with Gasteiger partial charge in [-0.05, 0) is 36.4 Å². The number of carbonyl (C=O) groups excluding carboxylic acids is 1. The van der Waals surface area contributed by atoms with Gasteiger partial charge in [0.15, 0.2) is 0 Å². The van der Waals surface area contributed by atoms with E-state index in [1.54, 1.807) is 12.4 Å². The molecule has 3 heterocycles. The molecule has 4 rings (SSSR count). The Kier molecular flexibility index (Phi) is 5.19. The average Bonchev–Trinajstić information content (AvgIpc) is 2.79. The first-order valence-corrected chi connectivity index (χ1v) is 9.42. The molecule has 0 N–H and O–H groups in total. The van der Waals surface area contributed by atoms with Gasteiger partial charge >= 0.3 is 0 Å². The van der Waals surface area contributed by atoms with Crippen LogP contribution in [0.2, 0.25) is 0 Å². The number of anilines is 3. The van der Waals surface area contributed by atoms with Gasteiger partial charge in [-0.25, -0.2) is 9.97 Å². The van der Waals surface area contributed by atoms with Crippen molar-refractivity contribution >= 4 is 23.1 Å². The third-order valence-electron chi connectivity index (χ3n) is 5.04. The van der Waals surface area contributed by atoms with E-state index in [-0.39, 0.29) is 5.91 Å². The molecular formula is C22H23N5O. The Labute approximate surface area is 165 Å². The second-order valence-corrected chi connectivity index (χ2v) is 6.76. The molecule has 3 aromatic rings. The van der Waals surface area contributed by atoms with Crippen LogP contribution in [0, 0.1) is 0 Å². The van der Waals surface area contributed by atoms with Crippen molar-refractivity contribution in [3.63, 3.8) is 0 Å². The first-order chi connectivity index (χ1) is 13.7. The van der Waals surface area contributed by atoms with Crippen molar-refractivity contribution < 1.29 is 4.79 Å². The summed E-state index contributed by atoms with van der Waals surface area (Å²) in [7, 11) is 1.99. The molecule has 1 saturated heterocycles. The summed E-state index contributed by atoms with van der Waals surface area (Å²) in [6.07, 6.45) is 3.55. The number of rotatable bonds is 4. The summed E-state index contributed by atoms with van der Waals surface area (Å²) >= 11 is 0. The maximum atomic E-state index is 12.8. The highest BCUT2D eigenvalue weighted by Crippen LogP contribution is 2.22. The summed E-state index contributed by atoms with van der Waals surface area (Å²) in [5.74, 6) is 0.940. The lowest BCUT2D eigenvalue weighted by Gasteiger charge is -2.35. The van der Waals surface area contributed by atoms with Crippen LogP contribution in [0.4, 0.5) is 17.2 Å². The first kappa shape index (κ1) is 18.0. The van der Waals surface area contributed by atoms with Gasteiger partial charge < -0.3 is 14.7 Å². The zero-order valence-corrected chi connectivity index (χ0v) is 15.9. The van der Waals surface area contributed by atoms with Gasteiger partial charge in [0.2, 0.25) is 0 Å². The minimum atomic E-state index is -0.0189. The fourth-order valence-corrected chi connectivity index (χ4v) is 3.35. The lowest BCUT2D eigenvalue weighted by molar-refractivity contribution is 0.0740. The number of hydrogen-bond donors (Lipinski definition) is 0. The topological polar surface area (TPSA) is 52.6 Å². The van der Waals surface area contributed by atoms with Crippen molar-refractivity contribution in [1.29, 1.82) is 0 Å². The summed E-state index contributed by atoms with van der Waals surface area (Å²) in [6.45, 7) is 2.89. The molecule has 0 radical (unpaired) electrons. The van der Waals surface area contributed by atoms with E-state index in [2.05, 4.69) is 14.9 Å². The Hall–Kier alpha value is -3.41. The fourth-order valence-electron chi connectivity index (χ4n) is 3.35. The van der Waals surface area contributed by atoms with Crippen LogP contribution in [-0.4, -0.2) is 54.0 Å². The molecule has 0 spiro atoms. The summed E-state index contributed by atoms with van der Waals surface area (Å²) in [5, 5.41) is 0. The Morgan fingerprint density at radius 1 is 0.857 bits per heavy atom. The van der Waals surface area contributed by atoms with Crippen LogP contribution >= 0.6 is 0 Å². The summed E-state index contributed by atoms with van der Waals surface area (Å²) in [6, 6.07) is 19.7. The predicted octanol–water partition coefficient (Wildman–Crippen LogP) is 3.21. The van der Waals surface area contributed by atoms with E-state index in [4.69, 9.17) is 0 Å². The van der Waals surface area contributed by atoms with E-state index in [0.29, 0.717) is 18.8 Å². The predicted molar refractivity (Wildman–Crippen MR) is 111 cm³/mol. The minimum Gasteiger partial charge on any atom is -0.353 e. The number of pyridine rings is 2. The largest absolute Gasteiger partial charge is 0.353 e. The number of para-hydroxylation sites is 1. The highest BCUT2D eigenvalue weighted by molar-refractivity contribution is 5.92. The van der Waals surface area contributed by atoms with Crippen LogP contribution in [0.25, 0.3) is 0 Å². The molecule has 1 amide bonds. The summed E-state index contributed by atoms with van der Waals surface area (Å²) in [4.78, 5) is 27.7. The van der Waals surface area contributed by atoms with Crippen molar-refractivity contribution in [2.24, 2.45) is 0 Å². The zero-order chi connectivity index (χ0) is 19.3. The van der Waals surface area contributed by atoms with Crippen molar-refractivity contribution in [1.82, 2.24) is 14.9 Å². The van der Waals surface area contributed by atoms with Gasteiger partial charge in [-0.1, -0.05) is 24.3 Å². The van der Waals surface area contributed by atoms with Crippen LogP contribution in [-0.2, 0) is 0 Å². The van der Waals surface area contributed by atoms with Gasteiger partial charge in [0.25, 0.3) is 5.91 Å². The first-order valence-electron chi connectivity index (χ1n) is 9.42. The van der Waals surface area contributed by atoms with Gasteiger partial charge in [-0.15, -0.1) is 0 Å². The lowest BCUT2D eigenvalue weighted by Crippen LogP contribution is -2.49. The molecule has 1 aliphatic rings. The van der Waals surface area contributed by atoms with Crippen LogP contribution < -0.4 is 9.80 Å². The third kappa shape index (κ3) is 3.81. The zero-order valence-electron chi connectivity index (χ0n) is 15.9. The summed E-state index contributed by atoms with van der Waals surface area (Å²) in [5.41, 5.74) is 2.51. The number of aromatic nitrogens is 2. The molecule has 6 nitrogen and oxygen atoms in total. The van der Waals surface area contributed by atoms with E-state index in [0.717, 1.165) is 30.3 Å². The molecule has 28 heavy (non-hydrogen) atoms. The molecule has 0 atom stereocenters. The lowest BCUT2D eigenvalue weighted by atomic mass is 10.2. The number of carbonyl (C=O) groups is 1. The van der Waals surface area contributed by atoms with Crippen LogP contribution in [0.5, 0.6) is 0 Å². The van der Waals surface area contributed by atoms with E-state index in [1.807, 2.05) is 77.5 Å². The number of piperazine rings is 1. The van der Waals surface area contributed by atoms with E-state index >= 15 is 0 Å². The summed E-state index contributed by atoms with van der Waals surface area (Å²) < 4.78 is 0. The highest BCUT2D eigenvalue weighted by atomic mass is 16.2. The maximum Gasteiger partial charge on any atom is 0.272 e. The number of benzene rings is 1. The Balaban J connectivity index is 1.39. The second kappa shape index (κ2) is 8.08. The van der Waals surface area contributed by atoms with Crippen LogP contribution in [0.3, 0.4) is 0 Å². The molecule has 1 aliphatic heterocycles. The number of amides is 1. The van der Waals surface area contributed by atoms with Crippen LogP contribution in [0.15, 0.2) is 73.1 Å². The average molecular weight is 373 g/mol. The second-order valence-electron chi connectivity index (χ2n) is 6.76. The molecule has 142 valence electrons. The minimum absolute atomic E-state index is 0.0189. The molecule has 0 bridgehead atoms. The number of nitrogens with zero attached hydrogens (tertiary/aromatic N) is 5. The smallest absolute Gasteiger partial charge is 0.272 e.